The van der Waals surface area contributed by atoms with Crippen LogP contribution in [0.1, 0.15) is 11.1 Å². The highest BCUT2D eigenvalue weighted by Gasteiger charge is 1.91. The van der Waals surface area contributed by atoms with E-state index in [1.54, 1.807) is 28.8 Å². The molecule has 2 aromatic heterocycles. The highest BCUT2D eigenvalue weighted by atomic mass is 35.5. The molecule has 2 rings (SSSR count). The summed E-state index contributed by atoms with van der Waals surface area (Å²) in [5.74, 6) is 0. The number of nitrogens with zero attached hydrogens (tertiary/aromatic N) is 2. The molecule has 0 bridgehead atoms. The maximum Gasteiger partial charge on any atom is 0.100 e. The predicted molar refractivity (Wildman–Crippen MR) is 63.1 cm³/mol. The summed E-state index contributed by atoms with van der Waals surface area (Å²) in [6.45, 7) is 0. The van der Waals surface area contributed by atoms with Crippen LogP contribution in [-0.4, -0.2) is 0 Å². The maximum atomic E-state index is 8.25. The lowest BCUT2D eigenvalue weighted by Gasteiger charge is -1.65. The zero-order valence-electron chi connectivity index (χ0n) is 7.48. The Morgan fingerprint density at radius 2 is 1.87 bits per heavy atom. The minimum atomic E-state index is 0.639. The highest BCUT2D eigenvalue weighted by molar-refractivity contribution is 7.14. The summed E-state index contributed by atoms with van der Waals surface area (Å²) in [5.41, 5.74) is 1.39. The normalized spacial score (nSPS) is 8.20. The first-order valence-electron chi connectivity index (χ1n) is 3.82. The van der Waals surface area contributed by atoms with Crippen LogP contribution in [0.5, 0.6) is 0 Å². The van der Waals surface area contributed by atoms with Gasteiger partial charge in [0, 0.05) is 10.8 Å². The number of nitriles is 2. The number of halogens is 1. The fraction of sp³-hybridized carbons (Fsp3) is 0. The maximum absolute atomic E-state index is 8.25. The molecule has 0 aliphatic carbocycles. The lowest BCUT2D eigenvalue weighted by Crippen LogP contribution is -1.55. The molecule has 74 valence electrons. The van der Waals surface area contributed by atoms with Crippen LogP contribution in [0, 0.1) is 22.7 Å². The largest absolute Gasteiger partial charge is 0.192 e. The molecule has 0 aliphatic rings. The fourth-order valence-corrected chi connectivity index (χ4v) is 2.08. The van der Waals surface area contributed by atoms with Gasteiger partial charge in [0.25, 0.3) is 0 Å². The Morgan fingerprint density at radius 3 is 2.13 bits per heavy atom. The summed E-state index contributed by atoms with van der Waals surface area (Å²) >= 11 is 8.42. The lowest BCUT2D eigenvalue weighted by atomic mass is 10.4. The summed E-state index contributed by atoms with van der Waals surface area (Å²) in [5, 5.41) is 21.9. The van der Waals surface area contributed by atoms with Crippen molar-refractivity contribution in [1.29, 1.82) is 10.5 Å². The van der Waals surface area contributed by atoms with Crippen molar-refractivity contribution in [3.63, 3.8) is 0 Å². The van der Waals surface area contributed by atoms with E-state index in [1.807, 2.05) is 22.9 Å². The zero-order chi connectivity index (χ0) is 11.1. The number of hydrogen-bond acceptors (Lipinski definition) is 4. The van der Waals surface area contributed by atoms with Crippen LogP contribution in [0.15, 0.2) is 28.3 Å². The van der Waals surface area contributed by atoms with Crippen LogP contribution in [0.3, 0.4) is 0 Å². The van der Waals surface area contributed by atoms with Crippen LogP contribution >= 0.6 is 34.3 Å². The van der Waals surface area contributed by atoms with Gasteiger partial charge in [-0.2, -0.15) is 21.9 Å². The van der Waals surface area contributed by atoms with Crippen molar-refractivity contribution >= 4 is 34.3 Å². The van der Waals surface area contributed by atoms with E-state index in [4.69, 9.17) is 22.1 Å². The Labute approximate surface area is 101 Å². The first kappa shape index (κ1) is 11.7. The fourth-order valence-electron chi connectivity index (χ4n) is 0.697. The van der Waals surface area contributed by atoms with Crippen LogP contribution < -0.4 is 0 Å². The predicted octanol–water partition coefficient (Wildman–Crippen LogP) is 3.89. The summed E-state index contributed by atoms with van der Waals surface area (Å²) in [7, 11) is 0. The van der Waals surface area contributed by atoms with E-state index in [2.05, 4.69) is 0 Å². The van der Waals surface area contributed by atoms with Crippen molar-refractivity contribution in [3.8, 4) is 12.1 Å². The van der Waals surface area contributed by atoms with Gasteiger partial charge in [-0.05, 0) is 17.5 Å². The summed E-state index contributed by atoms with van der Waals surface area (Å²) < 4.78 is 0.668. The summed E-state index contributed by atoms with van der Waals surface area (Å²) in [6.07, 6.45) is 0. The van der Waals surface area contributed by atoms with E-state index >= 15 is 0 Å². The molecule has 15 heavy (non-hydrogen) atoms. The van der Waals surface area contributed by atoms with Gasteiger partial charge >= 0.3 is 0 Å². The van der Waals surface area contributed by atoms with E-state index in [-0.39, 0.29) is 0 Å². The zero-order valence-corrected chi connectivity index (χ0v) is 9.86. The van der Waals surface area contributed by atoms with Crippen molar-refractivity contribution in [2.45, 2.75) is 0 Å². The number of thiophene rings is 2. The average Bonchev–Trinajstić information content (AvgIpc) is 2.88. The van der Waals surface area contributed by atoms with E-state index in [0.29, 0.717) is 9.90 Å². The first-order chi connectivity index (χ1) is 7.26. The smallest absolute Gasteiger partial charge is 0.100 e. The quantitative estimate of drug-likeness (QED) is 0.714. The Morgan fingerprint density at radius 1 is 1.13 bits per heavy atom. The number of rotatable bonds is 0. The second kappa shape index (κ2) is 6.21. The van der Waals surface area contributed by atoms with Crippen molar-refractivity contribution in [2.24, 2.45) is 0 Å². The molecule has 2 nitrogen and oxygen atoms in total. The van der Waals surface area contributed by atoms with Gasteiger partial charge in [-0.15, -0.1) is 11.3 Å². The molecule has 0 saturated carbocycles. The third kappa shape index (κ3) is 4.14. The van der Waals surface area contributed by atoms with Gasteiger partial charge in [0.15, 0.2) is 0 Å². The molecule has 0 saturated heterocycles. The van der Waals surface area contributed by atoms with Crippen molar-refractivity contribution in [3.05, 3.63) is 43.7 Å². The number of hydrogen-bond donors (Lipinski definition) is 0. The molecule has 0 amide bonds. The molecule has 0 unspecified atom stereocenters. The van der Waals surface area contributed by atoms with Crippen LogP contribution in [0.25, 0.3) is 0 Å². The van der Waals surface area contributed by atoms with Gasteiger partial charge in [0.05, 0.1) is 21.5 Å². The van der Waals surface area contributed by atoms with E-state index in [1.165, 1.54) is 11.3 Å². The van der Waals surface area contributed by atoms with Crippen LogP contribution in [-0.2, 0) is 0 Å². The molecule has 0 spiro atoms. The molecular weight excluding hydrogens is 248 g/mol. The second-order valence-corrected chi connectivity index (χ2v) is 4.70. The van der Waals surface area contributed by atoms with Gasteiger partial charge in [0.2, 0.25) is 0 Å². The average molecular weight is 253 g/mol. The molecule has 0 atom stereocenters. The molecule has 0 fully saturated rings. The third-order valence-electron chi connectivity index (χ3n) is 1.35. The van der Waals surface area contributed by atoms with Crippen LogP contribution in [0.2, 0.25) is 4.34 Å². The molecule has 2 aromatic rings. The first-order valence-corrected chi connectivity index (χ1v) is 6.02. The second-order valence-electron chi connectivity index (χ2n) is 2.38. The van der Waals surface area contributed by atoms with Gasteiger partial charge in [-0.25, -0.2) is 0 Å². The lowest BCUT2D eigenvalue weighted by molar-refractivity contribution is 1.51. The summed E-state index contributed by atoms with van der Waals surface area (Å²) in [4.78, 5) is 0. The van der Waals surface area contributed by atoms with Gasteiger partial charge in [-0.1, -0.05) is 11.6 Å². The van der Waals surface area contributed by atoms with Crippen molar-refractivity contribution in [1.82, 2.24) is 0 Å². The molecule has 5 heteroatoms. The minimum Gasteiger partial charge on any atom is -0.192 e. The highest BCUT2D eigenvalue weighted by Crippen LogP contribution is 2.18. The standard InChI is InChI=1S/C5H2ClNS.C5H3NS/c6-5-1-4(2-7)3-8-5;6-3-5-1-2-7-4-5/h1,3H;1-2,4H. The summed E-state index contributed by atoms with van der Waals surface area (Å²) in [6, 6.07) is 7.43. The molecule has 0 aliphatic heterocycles. The molecular formula is C10H5ClN2S2. The monoisotopic (exact) mass is 252 g/mol. The molecule has 0 aromatic carbocycles. The van der Waals surface area contributed by atoms with Gasteiger partial charge in [0.1, 0.15) is 6.07 Å². The van der Waals surface area contributed by atoms with E-state index < -0.39 is 0 Å². The van der Waals surface area contributed by atoms with Crippen molar-refractivity contribution < 1.29 is 0 Å². The Hall–Kier alpha value is -1.33. The van der Waals surface area contributed by atoms with Gasteiger partial charge < -0.3 is 0 Å². The minimum absolute atomic E-state index is 0.639. The SMILES string of the molecule is N#Cc1ccsc1.N#Cc1csc(Cl)c1. The van der Waals surface area contributed by atoms with E-state index in [9.17, 15) is 0 Å². The molecule has 0 radical (unpaired) electrons. The Kier molecular flexibility index (Phi) is 4.86. The molecule has 2 heterocycles. The van der Waals surface area contributed by atoms with Gasteiger partial charge in [-0.3, -0.25) is 0 Å². The van der Waals surface area contributed by atoms with Crippen LogP contribution in [0.4, 0.5) is 0 Å². The third-order valence-corrected chi connectivity index (χ3v) is 3.12. The van der Waals surface area contributed by atoms with Crippen molar-refractivity contribution in [2.75, 3.05) is 0 Å². The van der Waals surface area contributed by atoms with E-state index in [0.717, 1.165) is 5.56 Å². The Balaban J connectivity index is 0.000000151. The topological polar surface area (TPSA) is 47.6 Å². The molecule has 0 N–H and O–H groups in total. The Bertz CT molecular complexity index is 488.